The van der Waals surface area contributed by atoms with Crippen LogP contribution in [0.5, 0.6) is 0 Å². The average molecular weight is 292 g/mol. The van der Waals surface area contributed by atoms with Crippen molar-refractivity contribution < 1.29 is 14.3 Å². The Bertz CT molecular complexity index is 527. The summed E-state index contributed by atoms with van der Waals surface area (Å²) in [6, 6.07) is 3.05. The summed E-state index contributed by atoms with van der Waals surface area (Å²) in [5.74, 6) is -0.206. The summed E-state index contributed by atoms with van der Waals surface area (Å²) in [7, 11) is 1.29. The van der Waals surface area contributed by atoms with Gasteiger partial charge in [0.1, 0.15) is 0 Å². The van der Waals surface area contributed by atoms with Crippen molar-refractivity contribution in [3.05, 3.63) is 17.8 Å². The lowest BCUT2D eigenvalue weighted by atomic mass is 10.1. The molecule has 7 nitrogen and oxygen atoms in total. The van der Waals surface area contributed by atoms with Gasteiger partial charge >= 0.3 is 5.97 Å². The number of anilines is 2. The van der Waals surface area contributed by atoms with Crippen molar-refractivity contribution >= 4 is 23.4 Å². The number of pyridine rings is 1. The van der Waals surface area contributed by atoms with Crippen molar-refractivity contribution in [1.29, 1.82) is 0 Å². The summed E-state index contributed by atoms with van der Waals surface area (Å²) in [6.07, 6.45) is 3.26. The molecule has 1 saturated heterocycles. The van der Waals surface area contributed by atoms with E-state index >= 15 is 0 Å². The van der Waals surface area contributed by atoms with E-state index in [1.807, 2.05) is 4.90 Å². The number of nitrogens with two attached hydrogens (primary N) is 1. The molecular formula is C14H20N4O3. The number of aromatic nitrogens is 1. The first kappa shape index (κ1) is 15.1. The van der Waals surface area contributed by atoms with Crippen molar-refractivity contribution in [3.63, 3.8) is 0 Å². The highest BCUT2D eigenvalue weighted by atomic mass is 16.5. The fourth-order valence-corrected chi connectivity index (χ4v) is 2.24. The van der Waals surface area contributed by atoms with E-state index < -0.39 is 5.97 Å². The van der Waals surface area contributed by atoms with Crippen LogP contribution in [0.1, 0.15) is 29.8 Å². The molecule has 0 spiro atoms. The Kier molecular flexibility index (Phi) is 4.97. The molecular weight excluding hydrogens is 272 g/mol. The van der Waals surface area contributed by atoms with E-state index in [-0.39, 0.29) is 18.1 Å². The summed E-state index contributed by atoms with van der Waals surface area (Å²) in [5, 5.41) is 2.89. The van der Waals surface area contributed by atoms with Crippen molar-refractivity contribution in [2.45, 2.75) is 19.3 Å². The van der Waals surface area contributed by atoms with Gasteiger partial charge in [-0.3, -0.25) is 4.79 Å². The molecule has 1 fully saturated rings. The number of likely N-dealkylation sites (tertiary alicyclic amines) is 1. The number of carbonyl (C=O) groups is 2. The maximum absolute atomic E-state index is 12.1. The normalized spacial score (nSPS) is 14.6. The Morgan fingerprint density at radius 3 is 2.71 bits per heavy atom. The minimum Gasteiger partial charge on any atom is -0.464 e. The number of nitrogens with zero attached hydrogens (tertiary/aromatic N) is 2. The summed E-state index contributed by atoms with van der Waals surface area (Å²) < 4.78 is 4.61. The molecule has 0 atom stereocenters. The molecule has 1 amide bonds. The number of methoxy groups -OCH3 is 1. The first-order chi connectivity index (χ1) is 10.1. The van der Waals surface area contributed by atoms with Gasteiger partial charge in [0.25, 0.3) is 0 Å². The van der Waals surface area contributed by atoms with Gasteiger partial charge in [0.15, 0.2) is 11.5 Å². The number of amides is 1. The number of nitrogens with one attached hydrogen (secondary N) is 1. The van der Waals surface area contributed by atoms with Crippen LogP contribution in [0, 0.1) is 0 Å². The highest BCUT2D eigenvalue weighted by Crippen LogP contribution is 2.16. The summed E-state index contributed by atoms with van der Waals surface area (Å²) in [6.45, 7) is 1.71. The number of piperidine rings is 1. The molecule has 1 aliphatic heterocycles. The Balaban J connectivity index is 1.98. The summed E-state index contributed by atoms with van der Waals surface area (Å²) in [5.41, 5.74) is 6.33. The second-order valence-electron chi connectivity index (χ2n) is 4.92. The van der Waals surface area contributed by atoms with Crippen molar-refractivity contribution in [2.75, 3.05) is 37.8 Å². The highest BCUT2D eigenvalue weighted by Gasteiger charge is 2.17. The van der Waals surface area contributed by atoms with Gasteiger partial charge in [-0.15, -0.1) is 0 Å². The van der Waals surface area contributed by atoms with Gasteiger partial charge in [-0.2, -0.15) is 0 Å². The van der Waals surface area contributed by atoms with Gasteiger partial charge in [-0.25, -0.2) is 9.78 Å². The second-order valence-corrected chi connectivity index (χ2v) is 4.92. The molecule has 1 aromatic heterocycles. The fourth-order valence-electron chi connectivity index (χ4n) is 2.24. The van der Waals surface area contributed by atoms with E-state index in [1.165, 1.54) is 19.6 Å². The van der Waals surface area contributed by atoms with E-state index in [9.17, 15) is 9.59 Å². The van der Waals surface area contributed by atoms with Crippen LogP contribution < -0.4 is 11.1 Å². The van der Waals surface area contributed by atoms with Gasteiger partial charge in [0.2, 0.25) is 5.91 Å². The molecule has 0 radical (unpaired) electrons. The number of hydrogen-bond acceptors (Lipinski definition) is 6. The van der Waals surface area contributed by atoms with E-state index in [0.717, 1.165) is 25.9 Å². The third kappa shape index (κ3) is 3.84. The summed E-state index contributed by atoms with van der Waals surface area (Å²) in [4.78, 5) is 29.4. The monoisotopic (exact) mass is 292 g/mol. The topological polar surface area (TPSA) is 97.5 Å². The molecule has 0 bridgehead atoms. The average Bonchev–Trinajstić information content (AvgIpc) is 2.53. The van der Waals surface area contributed by atoms with Crippen molar-refractivity contribution in [1.82, 2.24) is 9.88 Å². The summed E-state index contributed by atoms with van der Waals surface area (Å²) >= 11 is 0. The van der Waals surface area contributed by atoms with Gasteiger partial charge in [-0.1, -0.05) is 0 Å². The number of carbonyl (C=O) groups excluding carboxylic acids is 2. The second kappa shape index (κ2) is 6.92. The number of ether oxygens (including phenoxy) is 1. The third-order valence-electron chi connectivity index (χ3n) is 3.44. The largest absolute Gasteiger partial charge is 0.464 e. The van der Waals surface area contributed by atoms with Crippen LogP contribution in [-0.2, 0) is 9.53 Å². The fraction of sp³-hybridized carbons (Fsp3) is 0.500. The van der Waals surface area contributed by atoms with Gasteiger partial charge in [0, 0.05) is 13.1 Å². The lowest BCUT2D eigenvalue weighted by Crippen LogP contribution is -2.39. The van der Waals surface area contributed by atoms with Crippen LogP contribution >= 0.6 is 0 Å². The van der Waals surface area contributed by atoms with Crippen LogP contribution in [0.15, 0.2) is 12.1 Å². The highest BCUT2D eigenvalue weighted by molar-refractivity contribution is 5.89. The predicted octanol–water partition coefficient (Wildman–Crippen LogP) is 0.875. The van der Waals surface area contributed by atoms with Crippen molar-refractivity contribution in [2.24, 2.45) is 0 Å². The third-order valence-corrected chi connectivity index (χ3v) is 3.44. The zero-order valence-corrected chi connectivity index (χ0v) is 12.1. The molecule has 2 heterocycles. The van der Waals surface area contributed by atoms with Gasteiger partial charge in [-0.05, 0) is 31.4 Å². The zero-order chi connectivity index (χ0) is 15.2. The molecule has 114 valence electrons. The number of esters is 1. The number of nitrogen functional groups attached to an aromatic ring is 1. The Morgan fingerprint density at radius 2 is 2.05 bits per heavy atom. The lowest BCUT2D eigenvalue weighted by Gasteiger charge is -2.26. The van der Waals surface area contributed by atoms with E-state index in [2.05, 4.69) is 15.0 Å². The Labute approximate surface area is 123 Å². The smallest absolute Gasteiger partial charge is 0.356 e. The van der Waals surface area contributed by atoms with Crippen LogP contribution in [0.3, 0.4) is 0 Å². The minimum atomic E-state index is -0.541. The molecule has 1 aliphatic rings. The zero-order valence-electron chi connectivity index (χ0n) is 12.1. The standard InChI is InChI=1S/C14H20N4O3/c1-21-14(20)11-6-5-10(15)13(17-11)16-9-12(19)18-7-3-2-4-8-18/h5-6H,2-4,7-9,15H2,1H3,(H,16,17). The van der Waals surface area contributed by atoms with Crippen LogP contribution in [-0.4, -0.2) is 48.5 Å². The molecule has 0 aliphatic carbocycles. The molecule has 1 aromatic rings. The van der Waals surface area contributed by atoms with E-state index in [1.54, 1.807) is 6.07 Å². The minimum absolute atomic E-state index is 0.0133. The van der Waals surface area contributed by atoms with Gasteiger partial charge in [0.05, 0.1) is 19.3 Å². The molecule has 0 unspecified atom stereocenters. The van der Waals surface area contributed by atoms with Gasteiger partial charge < -0.3 is 20.7 Å². The molecule has 0 aromatic carbocycles. The van der Waals surface area contributed by atoms with Crippen LogP contribution in [0.4, 0.5) is 11.5 Å². The maximum atomic E-state index is 12.1. The van der Waals surface area contributed by atoms with Crippen LogP contribution in [0.25, 0.3) is 0 Å². The quantitative estimate of drug-likeness (QED) is 0.799. The molecule has 3 N–H and O–H groups in total. The van der Waals surface area contributed by atoms with Crippen LogP contribution in [0.2, 0.25) is 0 Å². The first-order valence-corrected chi connectivity index (χ1v) is 6.98. The molecule has 2 rings (SSSR count). The molecule has 21 heavy (non-hydrogen) atoms. The van der Waals surface area contributed by atoms with E-state index in [0.29, 0.717) is 11.5 Å². The SMILES string of the molecule is COC(=O)c1ccc(N)c(NCC(=O)N2CCCCC2)n1. The number of rotatable bonds is 4. The Hall–Kier alpha value is -2.31. The maximum Gasteiger partial charge on any atom is 0.356 e. The Morgan fingerprint density at radius 1 is 1.33 bits per heavy atom. The lowest BCUT2D eigenvalue weighted by molar-refractivity contribution is -0.130. The molecule has 0 saturated carbocycles. The molecule has 7 heteroatoms. The first-order valence-electron chi connectivity index (χ1n) is 6.98. The van der Waals surface area contributed by atoms with E-state index in [4.69, 9.17) is 5.73 Å². The predicted molar refractivity (Wildman–Crippen MR) is 78.9 cm³/mol. The number of hydrogen-bond donors (Lipinski definition) is 2. The van der Waals surface area contributed by atoms with Crippen molar-refractivity contribution in [3.8, 4) is 0 Å².